The Kier molecular flexibility index (Phi) is 3.48. The summed E-state index contributed by atoms with van der Waals surface area (Å²) < 4.78 is 4.70. The smallest absolute Gasteiger partial charge is 0.329 e. The highest BCUT2D eigenvalue weighted by molar-refractivity contribution is 6.23. The van der Waals surface area contributed by atoms with Crippen molar-refractivity contribution in [2.75, 3.05) is 12.8 Å². The topological polar surface area (TPSA) is 89.7 Å². The van der Waals surface area contributed by atoms with E-state index in [2.05, 4.69) is 0 Å². The van der Waals surface area contributed by atoms with Crippen LogP contribution in [0.4, 0.5) is 5.69 Å². The second-order valence-electron chi connectivity index (χ2n) is 5.00. The van der Waals surface area contributed by atoms with Crippen molar-refractivity contribution in [3.05, 3.63) is 29.3 Å². The van der Waals surface area contributed by atoms with Crippen LogP contribution in [0.1, 0.15) is 34.6 Å². The third-order valence-electron chi connectivity index (χ3n) is 3.29. The number of rotatable bonds is 3. The van der Waals surface area contributed by atoms with Crippen molar-refractivity contribution in [2.45, 2.75) is 19.9 Å². The molecule has 1 atom stereocenters. The van der Waals surface area contributed by atoms with Gasteiger partial charge in [-0.15, -0.1) is 0 Å². The fourth-order valence-electron chi connectivity index (χ4n) is 2.33. The maximum atomic E-state index is 12.4. The van der Waals surface area contributed by atoms with E-state index in [-0.39, 0.29) is 17.0 Å². The molecule has 0 spiro atoms. The molecule has 6 heteroatoms. The quantitative estimate of drug-likeness (QED) is 0.506. The van der Waals surface area contributed by atoms with Crippen molar-refractivity contribution in [1.29, 1.82) is 0 Å². The lowest BCUT2D eigenvalue weighted by atomic mass is 10.0. The molecule has 20 heavy (non-hydrogen) atoms. The highest BCUT2D eigenvalue weighted by Crippen LogP contribution is 2.29. The zero-order valence-electron chi connectivity index (χ0n) is 11.5. The number of ether oxygens (including phenoxy) is 1. The Morgan fingerprint density at radius 2 is 1.80 bits per heavy atom. The summed E-state index contributed by atoms with van der Waals surface area (Å²) in [6.07, 6.45) is 0. The number of nitrogens with zero attached hydrogens (tertiary/aromatic N) is 1. The maximum Gasteiger partial charge on any atom is 0.329 e. The third-order valence-corrected chi connectivity index (χ3v) is 3.29. The number of fused-ring (bicyclic) bond motifs is 1. The van der Waals surface area contributed by atoms with E-state index in [0.717, 1.165) is 4.90 Å². The lowest BCUT2D eigenvalue weighted by Crippen LogP contribution is -2.48. The van der Waals surface area contributed by atoms with E-state index < -0.39 is 23.8 Å². The fourth-order valence-corrected chi connectivity index (χ4v) is 2.33. The summed E-state index contributed by atoms with van der Waals surface area (Å²) in [5, 5.41) is 0. The second kappa shape index (κ2) is 4.96. The number of benzene rings is 1. The van der Waals surface area contributed by atoms with Gasteiger partial charge in [0.2, 0.25) is 0 Å². The van der Waals surface area contributed by atoms with Crippen molar-refractivity contribution >= 4 is 23.5 Å². The molecule has 0 bridgehead atoms. The van der Waals surface area contributed by atoms with Gasteiger partial charge in [0.15, 0.2) is 0 Å². The van der Waals surface area contributed by atoms with Gasteiger partial charge in [0.25, 0.3) is 11.8 Å². The van der Waals surface area contributed by atoms with Crippen LogP contribution in [0.15, 0.2) is 18.2 Å². The minimum atomic E-state index is -0.936. The van der Waals surface area contributed by atoms with Gasteiger partial charge in [0.05, 0.1) is 18.2 Å². The Bertz CT molecular complexity index is 595. The van der Waals surface area contributed by atoms with E-state index in [9.17, 15) is 14.4 Å². The number of nitrogen functional groups attached to an aromatic ring is 1. The van der Waals surface area contributed by atoms with Gasteiger partial charge < -0.3 is 10.5 Å². The summed E-state index contributed by atoms with van der Waals surface area (Å²) in [7, 11) is 1.23. The molecule has 106 valence electrons. The van der Waals surface area contributed by atoms with Gasteiger partial charge in [-0.05, 0) is 24.1 Å². The van der Waals surface area contributed by atoms with Gasteiger partial charge in [-0.25, -0.2) is 4.79 Å². The van der Waals surface area contributed by atoms with Crippen LogP contribution in [0.5, 0.6) is 0 Å². The number of anilines is 1. The van der Waals surface area contributed by atoms with E-state index in [1.807, 2.05) is 0 Å². The van der Waals surface area contributed by atoms with Crippen LogP contribution in [-0.2, 0) is 9.53 Å². The number of imide groups is 1. The molecule has 6 nitrogen and oxygen atoms in total. The number of carbonyl (C=O) groups is 3. The van der Waals surface area contributed by atoms with Crippen molar-refractivity contribution < 1.29 is 19.1 Å². The summed E-state index contributed by atoms with van der Waals surface area (Å²) in [6, 6.07) is 3.56. The molecular formula is C14H16N2O4. The summed E-state index contributed by atoms with van der Waals surface area (Å²) in [5.74, 6) is -1.86. The van der Waals surface area contributed by atoms with Gasteiger partial charge in [0.1, 0.15) is 6.04 Å². The van der Waals surface area contributed by atoms with Gasteiger partial charge >= 0.3 is 5.97 Å². The summed E-state index contributed by atoms with van der Waals surface area (Å²) in [5.41, 5.74) is 6.52. The Balaban J connectivity index is 2.48. The molecule has 1 aliphatic heterocycles. The van der Waals surface area contributed by atoms with Gasteiger partial charge in [-0.1, -0.05) is 13.8 Å². The highest BCUT2D eigenvalue weighted by atomic mass is 16.5. The summed E-state index contributed by atoms with van der Waals surface area (Å²) in [6.45, 7) is 3.50. The summed E-state index contributed by atoms with van der Waals surface area (Å²) in [4.78, 5) is 37.5. The first kappa shape index (κ1) is 14.0. The molecule has 0 aromatic heterocycles. The maximum absolute atomic E-state index is 12.4. The lowest BCUT2D eigenvalue weighted by molar-refractivity contribution is -0.146. The van der Waals surface area contributed by atoms with E-state index in [4.69, 9.17) is 10.5 Å². The number of nitrogens with two attached hydrogens (primary N) is 1. The van der Waals surface area contributed by atoms with Crippen LogP contribution in [0, 0.1) is 5.92 Å². The molecule has 0 aliphatic carbocycles. The van der Waals surface area contributed by atoms with Crippen LogP contribution in [-0.4, -0.2) is 35.8 Å². The Hall–Kier alpha value is -2.37. The van der Waals surface area contributed by atoms with Crippen molar-refractivity contribution in [3.8, 4) is 0 Å². The number of amides is 2. The van der Waals surface area contributed by atoms with Gasteiger partial charge in [-0.3, -0.25) is 14.5 Å². The van der Waals surface area contributed by atoms with E-state index in [1.165, 1.54) is 19.2 Å². The monoisotopic (exact) mass is 276 g/mol. The number of carbonyl (C=O) groups excluding carboxylic acids is 3. The molecule has 1 heterocycles. The standard InChI is InChI=1S/C14H16N2O4/c1-7(2)11(14(19)20-3)16-12(17)9-5-4-8(15)6-10(9)13(16)18/h4-7,11H,15H2,1-3H3. The van der Waals surface area contributed by atoms with Gasteiger partial charge in [0, 0.05) is 5.69 Å². The van der Waals surface area contributed by atoms with E-state index in [1.54, 1.807) is 19.9 Å². The molecule has 1 unspecified atom stereocenters. The largest absolute Gasteiger partial charge is 0.467 e. The average Bonchev–Trinajstić information content (AvgIpc) is 2.63. The molecule has 1 aromatic rings. The fraction of sp³-hybridized carbons (Fsp3) is 0.357. The van der Waals surface area contributed by atoms with Crippen molar-refractivity contribution in [3.63, 3.8) is 0 Å². The molecule has 2 rings (SSSR count). The Labute approximate surface area is 116 Å². The number of methoxy groups -OCH3 is 1. The minimum Gasteiger partial charge on any atom is -0.467 e. The number of hydrogen-bond donors (Lipinski definition) is 1. The summed E-state index contributed by atoms with van der Waals surface area (Å²) >= 11 is 0. The van der Waals surface area contributed by atoms with Crippen molar-refractivity contribution in [2.24, 2.45) is 5.92 Å². The first-order valence-electron chi connectivity index (χ1n) is 6.23. The van der Waals surface area contributed by atoms with Gasteiger partial charge in [-0.2, -0.15) is 0 Å². The molecule has 1 aliphatic rings. The molecule has 0 saturated carbocycles. The molecule has 0 radical (unpaired) electrons. The minimum absolute atomic E-state index is 0.226. The molecule has 2 N–H and O–H groups in total. The van der Waals surface area contributed by atoms with Crippen LogP contribution < -0.4 is 5.73 Å². The normalized spacial score (nSPS) is 15.5. The van der Waals surface area contributed by atoms with E-state index in [0.29, 0.717) is 5.69 Å². The van der Waals surface area contributed by atoms with Crippen LogP contribution in [0.3, 0.4) is 0 Å². The lowest BCUT2D eigenvalue weighted by Gasteiger charge is -2.26. The molecule has 2 amide bonds. The Morgan fingerprint density at radius 3 is 2.35 bits per heavy atom. The molecule has 0 fully saturated rings. The van der Waals surface area contributed by atoms with Crippen LogP contribution >= 0.6 is 0 Å². The van der Waals surface area contributed by atoms with Crippen LogP contribution in [0.25, 0.3) is 0 Å². The Morgan fingerprint density at radius 1 is 1.20 bits per heavy atom. The highest BCUT2D eigenvalue weighted by Gasteiger charge is 2.44. The zero-order chi connectivity index (χ0) is 15.0. The number of hydrogen-bond acceptors (Lipinski definition) is 5. The first-order chi connectivity index (χ1) is 9.38. The third kappa shape index (κ3) is 2.03. The molecule has 0 saturated heterocycles. The molecular weight excluding hydrogens is 260 g/mol. The first-order valence-corrected chi connectivity index (χ1v) is 6.23. The SMILES string of the molecule is COC(=O)C(C(C)C)N1C(=O)c2ccc(N)cc2C1=O. The van der Waals surface area contributed by atoms with E-state index >= 15 is 0 Å². The average molecular weight is 276 g/mol. The predicted octanol–water partition coefficient (Wildman–Crippen LogP) is 1.06. The zero-order valence-corrected chi connectivity index (χ0v) is 11.5. The van der Waals surface area contributed by atoms with Crippen molar-refractivity contribution in [1.82, 2.24) is 4.90 Å². The van der Waals surface area contributed by atoms with Crippen LogP contribution in [0.2, 0.25) is 0 Å². The second-order valence-corrected chi connectivity index (χ2v) is 5.00. The molecule has 1 aromatic carbocycles. The predicted molar refractivity (Wildman–Crippen MR) is 72.0 cm³/mol. The number of esters is 1.